The average Bonchev–Trinajstić information content (AvgIpc) is 2.12. The van der Waals surface area contributed by atoms with Crippen LogP contribution in [0.15, 0.2) is 0 Å². The fourth-order valence-corrected chi connectivity index (χ4v) is 3.11. The van der Waals surface area contributed by atoms with Gasteiger partial charge in [0.05, 0.1) is 0 Å². The normalized spacial score (nSPS) is 34.7. The van der Waals surface area contributed by atoms with Gasteiger partial charge in [0.1, 0.15) is 0 Å². The second-order valence-corrected chi connectivity index (χ2v) is 5.87. The molecule has 1 amide bonds. The molecule has 0 aliphatic carbocycles. The van der Waals surface area contributed by atoms with Gasteiger partial charge in [0.15, 0.2) is 0 Å². The van der Waals surface area contributed by atoms with E-state index in [2.05, 4.69) is 0 Å². The lowest BCUT2D eigenvalue weighted by atomic mass is 10.3. The van der Waals surface area contributed by atoms with Gasteiger partial charge in [0.25, 0.3) is 0 Å². The van der Waals surface area contributed by atoms with Crippen molar-refractivity contribution in [1.29, 1.82) is 0 Å². The number of amides is 1. The lowest BCUT2D eigenvalue weighted by Gasteiger charge is -2.34. The Morgan fingerprint density at radius 3 is 2.23 bits per heavy atom. The van der Waals surface area contributed by atoms with E-state index in [1.807, 2.05) is 25.7 Å². The summed E-state index contributed by atoms with van der Waals surface area (Å²) < 4.78 is 11.6. The van der Waals surface area contributed by atoms with Crippen LogP contribution in [0.25, 0.3) is 0 Å². The first-order valence-electron chi connectivity index (χ1n) is 4.73. The van der Waals surface area contributed by atoms with E-state index in [0.717, 1.165) is 0 Å². The van der Waals surface area contributed by atoms with Crippen molar-refractivity contribution in [1.82, 2.24) is 4.90 Å². The molecular weight excluding hydrogens is 186 g/mol. The number of hydrogen-bond acceptors (Lipinski definition) is 2. The molecule has 1 aliphatic rings. The van der Waals surface area contributed by atoms with E-state index >= 15 is 0 Å². The van der Waals surface area contributed by atoms with Crippen molar-refractivity contribution >= 4 is 16.7 Å². The van der Waals surface area contributed by atoms with Gasteiger partial charge in [-0.15, -0.1) is 0 Å². The number of nitrogens with zero attached hydrogens (tertiary/aromatic N) is 1. The van der Waals surface area contributed by atoms with Gasteiger partial charge >= 0.3 is 0 Å². The Kier molecular flexibility index (Phi) is 3.47. The molecule has 0 spiro atoms. The second kappa shape index (κ2) is 4.22. The van der Waals surface area contributed by atoms with Crippen LogP contribution >= 0.6 is 0 Å². The van der Waals surface area contributed by atoms with Crippen LogP contribution in [0.1, 0.15) is 27.2 Å². The number of hydrogen-bond donors (Lipinski definition) is 0. The molecule has 2 unspecified atom stereocenters. The zero-order valence-corrected chi connectivity index (χ0v) is 9.26. The van der Waals surface area contributed by atoms with Gasteiger partial charge in [-0.1, -0.05) is 6.92 Å². The van der Waals surface area contributed by atoms with E-state index in [0.29, 0.717) is 19.5 Å². The number of carbonyl (C=O) groups is 1. The van der Waals surface area contributed by atoms with Crippen molar-refractivity contribution in [2.24, 2.45) is 0 Å². The topological polar surface area (TPSA) is 37.4 Å². The van der Waals surface area contributed by atoms with E-state index in [9.17, 15) is 9.00 Å². The summed E-state index contributed by atoms with van der Waals surface area (Å²) in [6.07, 6.45) is 0.548. The molecule has 0 saturated carbocycles. The molecule has 3 nitrogen and oxygen atoms in total. The van der Waals surface area contributed by atoms with Gasteiger partial charge < -0.3 is 4.90 Å². The number of rotatable bonds is 1. The summed E-state index contributed by atoms with van der Waals surface area (Å²) in [4.78, 5) is 13.2. The fourth-order valence-electron chi connectivity index (χ4n) is 1.67. The van der Waals surface area contributed by atoms with Crippen molar-refractivity contribution in [3.8, 4) is 0 Å². The van der Waals surface area contributed by atoms with Gasteiger partial charge in [-0.25, -0.2) is 0 Å². The quantitative estimate of drug-likeness (QED) is 0.631. The average molecular weight is 203 g/mol. The molecule has 2 atom stereocenters. The van der Waals surface area contributed by atoms with Gasteiger partial charge in [-0.3, -0.25) is 9.00 Å². The van der Waals surface area contributed by atoms with E-state index in [4.69, 9.17) is 0 Å². The van der Waals surface area contributed by atoms with E-state index < -0.39 is 10.8 Å². The van der Waals surface area contributed by atoms with Gasteiger partial charge in [0.2, 0.25) is 5.91 Å². The molecule has 13 heavy (non-hydrogen) atoms. The van der Waals surface area contributed by atoms with Crippen LogP contribution in [0.3, 0.4) is 0 Å². The maximum absolute atomic E-state index is 11.6. The van der Waals surface area contributed by atoms with Crippen LogP contribution in [-0.2, 0) is 15.6 Å². The third-order valence-electron chi connectivity index (χ3n) is 2.40. The molecule has 0 radical (unpaired) electrons. The van der Waals surface area contributed by atoms with E-state index in [1.165, 1.54) is 0 Å². The van der Waals surface area contributed by atoms with Crippen LogP contribution in [0.5, 0.6) is 0 Å². The molecule has 1 heterocycles. The molecule has 1 rings (SSSR count). The first kappa shape index (κ1) is 10.7. The highest BCUT2D eigenvalue weighted by molar-refractivity contribution is 7.86. The molecule has 0 aromatic carbocycles. The molecule has 0 aromatic rings. The molecule has 0 bridgehead atoms. The van der Waals surface area contributed by atoms with E-state index in [-0.39, 0.29) is 16.4 Å². The standard InChI is InChI=1S/C9H17NO2S/c1-4-9(11)10-5-7(2)13(12)8(3)6-10/h7-8H,4-6H2,1-3H3. The number of carbonyl (C=O) groups excluding carboxylic acids is 1. The zero-order valence-electron chi connectivity index (χ0n) is 8.45. The molecule has 1 fully saturated rings. The van der Waals surface area contributed by atoms with Crippen LogP contribution < -0.4 is 0 Å². The molecule has 0 N–H and O–H groups in total. The smallest absolute Gasteiger partial charge is 0.222 e. The Morgan fingerprint density at radius 1 is 1.38 bits per heavy atom. The third-order valence-corrected chi connectivity index (χ3v) is 4.29. The molecule has 1 saturated heterocycles. The Balaban J connectivity index is 2.63. The Morgan fingerprint density at radius 2 is 1.85 bits per heavy atom. The first-order valence-corrected chi connectivity index (χ1v) is 6.01. The van der Waals surface area contributed by atoms with E-state index in [1.54, 1.807) is 0 Å². The first-order chi connectivity index (χ1) is 6.06. The van der Waals surface area contributed by atoms with Crippen LogP contribution in [0, 0.1) is 0 Å². The largest absolute Gasteiger partial charge is 0.340 e. The minimum Gasteiger partial charge on any atom is -0.340 e. The minimum atomic E-state index is -0.763. The lowest BCUT2D eigenvalue weighted by molar-refractivity contribution is -0.131. The van der Waals surface area contributed by atoms with Crippen LogP contribution in [-0.4, -0.2) is 38.6 Å². The summed E-state index contributed by atoms with van der Waals surface area (Å²) in [5.74, 6) is 0.176. The summed E-state index contributed by atoms with van der Waals surface area (Å²) in [7, 11) is -0.763. The Bertz CT molecular complexity index is 216. The monoisotopic (exact) mass is 203 g/mol. The second-order valence-electron chi connectivity index (χ2n) is 3.60. The van der Waals surface area contributed by atoms with Gasteiger partial charge in [0, 0.05) is 40.8 Å². The lowest BCUT2D eigenvalue weighted by Crippen LogP contribution is -2.49. The summed E-state index contributed by atoms with van der Waals surface area (Å²) >= 11 is 0. The third kappa shape index (κ3) is 2.30. The van der Waals surface area contributed by atoms with Gasteiger partial charge in [-0.2, -0.15) is 0 Å². The fraction of sp³-hybridized carbons (Fsp3) is 0.889. The van der Waals surface area contributed by atoms with Crippen LogP contribution in [0.4, 0.5) is 0 Å². The van der Waals surface area contributed by atoms with Crippen molar-refractivity contribution in [2.75, 3.05) is 13.1 Å². The van der Waals surface area contributed by atoms with Crippen molar-refractivity contribution in [3.63, 3.8) is 0 Å². The maximum Gasteiger partial charge on any atom is 0.222 e. The van der Waals surface area contributed by atoms with Gasteiger partial charge in [-0.05, 0) is 13.8 Å². The summed E-state index contributed by atoms with van der Waals surface area (Å²) in [6.45, 7) is 7.07. The van der Waals surface area contributed by atoms with Crippen molar-refractivity contribution in [3.05, 3.63) is 0 Å². The summed E-state index contributed by atoms with van der Waals surface area (Å²) in [5, 5.41) is 0.249. The molecule has 76 valence electrons. The van der Waals surface area contributed by atoms with Crippen molar-refractivity contribution in [2.45, 2.75) is 37.7 Å². The maximum atomic E-state index is 11.6. The predicted molar refractivity (Wildman–Crippen MR) is 53.9 cm³/mol. The molecule has 4 heteroatoms. The molecule has 0 aromatic heterocycles. The highest BCUT2D eigenvalue weighted by Crippen LogP contribution is 2.15. The zero-order chi connectivity index (χ0) is 10.0. The van der Waals surface area contributed by atoms with Crippen molar-refractivity contribution < 1.29 is 9.00 Å². The SMILES string of the molecule is CCC(=O)N1CC(C)S(=O)C(C)C1. The molecular formula is C9H17NO2S. The predicted octanol–water partition coefficient (Wildman–Crippen LogP) is 0.764. The van der Waals surface area contributed by atoms with Crippen LogP contribution in [0.2, 0.25) is 0 Å². The molecule has 1 aliphatic heterocycles. The summed E-state index contributed by atoms with van der Waals surface area (Å²) in [6, 6.07) is 0. The highest BCUT2D eigenvalue weighted by Gasteiger charge is 2.30. The Labute approximate surface area is 81.9 Å². The minimum absolute atomic E-state index is 0.124. The Hall–Kier alpha value is -0.380. The highest BCUT2D eigenvalue weighted by atomic mass is 32.2. The summed E-state index contributed by atoms with van der Waals surface area (Å²) in [5.41, 5.74) is 0.